The molecule has 7 heteroatoms. The standard InChI is InChI=1S/C11H11ClN2O4/c12-10-8(5-15)13(6-16)14(11(10)18)7-3-1-2-4-9(7)17/h1-4,15-17H,5-6H2. The third-order valence-corrected chi connectivity index (χ3v) is 2.96. The summed E-state index contributed by atoms with van der Waals surface area (Å²) in [5, 5.41) is 28.0. The molecule has 0 atom stereocenters. The monoisotopic (exact) mass is 270 g/mol. The molecule has 0 bridgehead atoms. The van der Waals surface area contributed by atoms with Crippen LogP contribution in [0.3, 0.4) is 0 Å². The van der Waals surface area contributed by atoms with Crippen molar-refractivity contribution in [1.82, 2.24) is 9.36 Å². The quantitative estimate of drug-likeness (QED) is 0.755. The molecule has 0 aliphatic heterocycles. The number of aliphatic hydroxyl groups excluding tert-OH is 2. The summed E-state index contributed by atoms with van der Waals surface area (Å²) < 4.78 is 2.11. The Morgan fingerprint density at radius 2 is 1.89 bits per heavy atom. The smallest absolute Gasteiger partial charge is 0.290 e. The van der Waals surface area contributed by atoms with Crippen LogP contribution in [0.2, 0.25) is 5.02 Å². The summed E-state index contributed by atoms with van der Waals surface area (Å²) in [7, 11) is 0. The number of halogens is 1. The summed E-state index contributed by atoms with van der Waals surface area (Å²) in [6, 6.07) is 6.14. The van der Waals surface area contributed by atoms with Crippen molar-refractivity contribution in [1.29, 1.82) is 0 Å². The number of phenolic OH excluding ortho intramolecular Hbond substituents is 1. The van der Waals surface area contributed by atoms with Gasteiger partial charge in [0, 0.05) is 0 Å². The predicted octanol–water partition coefficient (Wildman–Crippen LogP) is 0.440. The number of benzene rings is 1. The van der Waals surface area contributed by atoms with Gasteiger partial charge in [-0.05, 0) is 12.1 Å². The van der Waals surface area contributed by atoms with Crippen LogP contribution in [0.1, 0.15) is 5.69 Å². The van der Waals surface area contributed by atoms with Gasteiger partial charge < -0.3 is 15.3 Å². The molecule has 18 heavy (non-hydrogen) atoms. The fraction of sp³-hybridized carbons (Fsp3) is 0.182. The Bertz CT molecular complexity index is 632. The number of aliphatic hydroxyl groups is 2. The molecule has 0 radical (unpaired) electrons. The topological polar surface area (TPSA) is 87.6 Å². The van der Waals surface area contributed by atoms with Gasteiger partial charge in [-0.3, -0.25) is 9.48 Å². The Morgan fingerprint density at radius 1 is 1.22 bits per heavy atom. The van der Waals surface area contributed by atoms with E-state index in [-0.39, 0.29) is 22.2 Å². The molecule has 0 spiro atoms. The van der Waals surface area contributed by atoms with Gasteiger partial charge in [-0.15, -0.1) is 0 Å². The second-order valence-corrected chi connectivity index (χ2v) is 3.94. The van der Waals surface area contributed by atoms with Crippen LogP contribution in [0.5, 0.6) is 5.75 Å². The maximum absolute atomic E-state index is 12.0. The average molecular weight is 271 g/mol. The number of para-hydroxylation sites is 2. The highest BCUT2D eigenvalue weighted by Crippen LogP contribution is 2.22. The lowest BCUT2D eigenvalue weighted by Crippen LogP contribution is -2.22. The molecular weight excluding hydrogens is 260 g/mol. The lowest BCUT2D eigenvalue weighted by atomic mass is 10.3. The van der Waals surface area contributed by atoms with Crippen LogP contribution in [0.15, 0.2) is 29.1 Å². The van der Waals surface area contributed by atoms with E-state index in [0.717, 1.165) is 9.36 Å². The molecule has 1 aromatic heterocycles. The van der Waals surface area contributed by atoms with Crippen LogP contribution in [0, 0.1) is 0 Å². The number of nitrogens with zero attached hydrogens (tertiary/aromatic N) is 2. The van der Waals surface area contributed by atoms with Gasteiger partial charge in [-0.2, -0.15) is 0 Å². The molecule has 0 amide bonds. The predicted molar refractivity (Wildman–Crippen MR) is 64.8 cm³/mol. The van der Waals surface area contributed by atoms with E-state index in [2.05, 4.69) is 0 Å². The first-order chi connectivity index (χ1) is 8.61. The molecule has 2 aromatic rings. The maximum Gasteiger partial charge on any atom is 0.290 e. The number of rotatable bonds is 3. The average Bonchev–Trinajstić information content (AvgIpc) is 2.62. The van der Waals surface area contributed by atoms with E-state index in [1.54, 1.807) is 12.1 Å². The fourth-order valence-corrected chi connectivity index (χ4v) is 1.98. The lowest BCUT2D eigenvalue weighted by Gasteiger charge is -2.12. The molecule has 3 N–H and O–H groups in total. The normalized spacial score (nSPS) is 10.8. The zero-order chi connectivity index (χ0) is 13.3. The second-order valence-electron chi connectivity index (χ2n) is 3.57. The van der Waals surface area contributed by atoms with E-state index in [0.29, 0.717) is 0 Å². The Labute approximate surface area is 107 Å². The minimum atomic E-state index is -0.615. The van der Waals surface area contributed by atoms with E-state index < -0.39 is 18.9 Å². The van der Waals surface area contributed by atoms with Gasteiger partial charge in [0.2, 0.25) is 0 Å². The SMILES string of the molecule is O=c1c(Cl)c(CO)n(CO)n1-c1ccccc1O. The van der Waals surface area contributed by atoms with E-state index in [4.69, 9.17) is 16.7 Å². The summed E-state index contributed by atoms with van der Waals surface area (Å²) in [6.45, 7) is -1.04. The molecule has 1 aromatic carbocycles. The van der Waals surface area contributed by atoms with Crippen molar-refractivity contribution in [3.8, 4) is 11.4 Å². The van der Waals surface area contributed by atoms with Crippen LogP contribution in [0.4, 0.5) is 0 Å². The van der Waals surface area contributed by atoms with Crippen LogP contribution < -0.4 is 5.56 Å². The molecule has 1 heterocycles. The zero-order valence-electron chi connectivity index (χ0n) is 9.25. The second kappa shape index (κ2) is 4.85. The number of hydrogen-bond donors (Lipinski definition) is 3. The highest BCUT2D eigenvalue weighted by molar-refractivity contribution is 6.31. The third-order valence-electron chi connectivity index (χ3n) is 2.58. The molecule has 6 nitrogen and oxygen atoms in total. The zero-order valence-corrected chi connectivity index (χ0v) is 10.0. The number of aromatic nitrogens is 2. The summed E-state index contributed by atoms with van der Waals surface area (Å²) in [4.78, 5) is 12.0. The fourth-order valence-electron chi connectivity index (χ4n) is 1.74. The first-order valence-electron chi connectivity index (χ1n) is 5.12. The Kier molecular flexibility index (Phi) is 3.42. The Morgan fingerprint density at radius 3 is 2.44 bits per heavy atom. The molecule has 96 valence electrons. The van der Waals surface area contributed by atoms with Crippen molar-refractivity contribution < 1.29 is 15.3 Å². The van der Waals surface area contributed by atoms with Gasteiger partial charge in [0.1, 0.15) is 23.2 Å². The maximum atomic E-state index is 12.0. The summed E-state index contributed by atoms with van der Waals surface area (Å²) in [6.07, 6.45) is 0. The highest BCUT2D eigenvalue weighted by Gasteiger charge is 2.19. The molecule has 0 saturated heterocycles. The van der Waals surface area contributed by atoms with E-state index in [1.165, 1.54) is 12.1 Å². The van der Waals surface area contributed by atoms with E-state index in [1.807, 2.05) is 0 Å². The van der Waals surface area contributed by atoms with Crippen LogP contribution >= 0.6 is 11.6 Å². The minimum Gasteiger partial charge on any atom is -0.506 e. The molecule has 0 aliphatic rings. The van der Waals surface area contributed by atoms with Gasteiger partial charge in [-0.1, -0.05) is 23.7 Å². The third kappa shape index (κ3) is 1.80. The lowest BCUT2D eigenvalue weighted by molar-refractivity contribution is 0.167. The summed E-state index contributed by atoms with van der Waals surface area (Å²) in [5.41, 5.74) is -0.346. The molecule has 0 unspecified atom stereocenters. The Balaban J connectivity index is 2.80. The minimum absolute atomic E-state index is 0.0902. The van der Waals surface area contributed by atoms with Gasteiger partial charge in [-0.25, -0.2) is 4.68 Å². The number of aromatic hydroxyl groups is 1. The highest BCUT2D eigenvalue weighted by atomic mass is 35.5. The van der Waals surface area contributed by atoms with Crippen molar-refractivity contribution >= 4 is 11.6 Å². The van der Waals surface area contributed by atoms with Crippen molar-refractivity contribution in [2.24, 2.45) is 0 Å². The largest absolute Gasteiger partial charge is 0.506 e. The first-order valence-corrected chi connectivity index (χ1v) is 5.50. The van der Waals surface area contributed by atoms with Gasteiger partial charge in [0.05, 0.1) is 12.3 Å². The Hall–Kier alpha value is -1.76. The molecular formula is C11H11ClN2O4. The van der Waals surface area contributed by atoms with E-state index >= 15 is 0 Å². The first kappa shape index (κ1) is 12.7. The van der Waals surface area contributed by atoms with Crippen molar-refractivity contribution in [3.05, 3.63) is 45.3 Å². The van der Waals surface area contributed by atoms with Gasteiger partial charge in [0.15, 0.2) is 0 Å². The van der Waals surface area contributed by atoms with Crippen LogP contribution in [-0.4, -0.2) is 24.7 Å². The number of hydrogen-bond acceptors (Lipinski definition) is 4. The van der Waals surface area contributed by atoms with Crippen LogP contribution in [-0.2, 0) is 13.3 Å². The molecule has 0 saturated carbocycles. The van der Waals surface area contributed by atoms with Crippen molar-refractivity contribution in [2.45, 2.75) is 13.3 Å². The van der Waals surface area contributed by atoms with E-state index in [9.17, 15) is 15.0 Å². The van der Waals surface area contributed by atoms with Crippen molar-refractivity contribution in [3.63, 3.8) is 0 Å². The number of phenols is 1. The van der Waals surface area contributed by atoms with Gasteiger partial charge >= 0.3 is 0 Å². The summed E-state index contributed by atoms with van der Waals surface area (Å²) >= 11 is 5.79. The molecule has 0 fully saturated rings. The molecule has 0 aliphatic carbocycles. The van der Waals surface area contributed by atoms with Crippen molar-refractivity contribution in [2.75, 3.05) is 0 Å². The summed E-state index contributed by atoms with van der Waals surface area (Å²) in [5.74, 6) is -0.132. The molecule has 2 rings (SSSR count). The van der Waals surface area contributed by atoms with Crippen LogP contribution in [0.25, 0.3) is 5.69 Å². The van der Waals surface area contributed by atoms with Gasteiger partial charge in [0.25, 0.3) is 5.56 Å².